The van der Waals surface area contributed by atoms with Crippen molar-refractivity contribution in [3.63, 3.8) is 0 Å². The van der Waals surface area contributed by atoms with Gasteiger partial charge in [0.15, 0.2) is 0 Å². The van der Waals surface area contributed by atoms with Crippen molar-refractivity contribution in [3.05, 3.63) is 41.0 Å². The van der Waals surface area contributed by atoms with Crippen LogP contribution in [0.15, 0.2) is 29.8 Å². The van der Waals surface area contributed by atoms with Crippen LogP contribution in [0, 0.1) is 0 Å². The average molecular weight is 255 g/mol. The van der Waals surface area contributed by atoms with E-state index in [1.807, 2.05) is 5.51 Å². The van der Waals surface area contributed by atoms with Gasteiger partial charge in [-0.25, -0.2) is 4.98 Å². The largest absolute Gasteiger partial charge is 0.325 e. The van der Waals surface area contributed by atoms with E-state index >= 15 is 0 Å². The molecule has 4 heteroatoms. The van der Waals surface area contributed by atoms with Crippen molar-refractivity contribution < 1.29 is 0 Å². The Morgan fingerprint density at radius 2 is 1.94 bits per heavy atom. The number of benzene rings is 1. The maximum atomic E-state index is 5.63. The van der Waals surface area contributed by atoms with Gasteiger partial charge < -0.3 is 5.73 Å². The monoisotopic (exact) mass is 254 g/mol. The Morgan fingerprint density at radius 3 is 2.50 bits per heavy atom. The third-order valence-corrected chi connectivity index (χ3v) is 3.38. The lowest BCUT2D eigenvalue weighted by Crippen LogP contribution is -1.97. The van der Waals surface area contributed by atoms with Crippen LogP contribution in [0.5, 0.6) is 0 Å². The molecule has 2 aromatic rings. The number of aromatic nitrogens is 1. The molecule has 0 unspecified atom stereocenters. The Labute approximate surface area is 106 Å². The van der Waals surface area contributed by atoms with Crippen molar-refractivity contribution in [1.82, 2.24) is 4.98 Å². The molecule has 0 aliphatic heterocycles. The smallest absolute Gasteiger partial charge is 0.0802 e. The molecular formula is C12H15ClN2S. The molecule has 86 valence electrons. The van der Waals surface area contributed by atoms with Crippen molar-refractivity contribution in [2.45, 2.75) is 19.9 Å². The molecule has 0 amide bonds. The van der Waals surface area contributed by atoms with E-state index in [-0.39, 0.29) is 12.4 Å². The van der Waals surface area contributed by atoms with Gasteiger partial charge in [0.05, 0.1) is 16.1 Å². The van der Waals surface area contributed by atoms with Crippen LogP contribution in [0.4, 0.5) is 0 Å². The molecule has 2 nitrogen and oxygen atoms in total. The summed E-state index contributed by atoms with van der Waals surface area (Å²) in [5.74, 6) is 0. The van der Waals surface area contributed by atoms with Crippen molar-refractivity contribution in [3.8, 4) is 10.4 Å². The van der Waals surface area contributed by atoms with Gasteiger partial charge in [0.25, 0.3) is 0 Å². The lowest BCUT2D eigenvalue weighted by molar-refractivity contribution is 1.01. The van der Waals surface area contributed by atoms with Crippen LogP contribution in [-0.4, -0.2) is 4.98 Å². The van der Waals surface area contributed by atoms with Crippen molar-refractivity contribution in [1.29, 1.82) is 0 Å². The van der Waals surface area contributed by atoms with Crippen molar-refractivity contribution in [2.24, 2.45) is 5.73 Å². The quantitative estimate of drug-likeness (QED) is 0.913. The molecule has 0 saturated heterocycles. The number of nitrogens with zero attached hydrogens (tertiary/aromatic N) is 1. The molecule has 0 bridgehead atoms. The van der Waals surface area contributed by atoms with E-state index in [1.54, 1.807) is 11.3 Å². The molecule has 0 radical (unpaired) electrons. The maximum absolute atomic E-state index is 5.63. The Morgan fingerprint density at radius 1 is 1.25 bits per heavy atom. The fourth-order valence-electron chi connectivity index (χ4n) is 1.54. The minimum atomic E-state index is 0. The first kappa shape index (κ1) is 13.2. The zero-order valence-electron chi connectivity index (χ0n) is 9.14. The zero-order chi connectivity index (χ0) is 10.7. The first-order chi connectivity index (χ1) is 7.35. The molecule has 2 N–H and O–H groups in total. The minimum Gasteiger partial charge on any atom is -0.325 e. The third kappa shape index (κ3) is 2.61. The summed E-state index contributed by atoms with van der Waals surface area (Å²) in [6.45, 7) is 2.67. The van der Waals surface area contributed by atoms with Crippen LogP contribution in [0.2, 0.25) is 0 Å². The average Bonchev–Trinajstić information content (AvgIpc) is 2.77. The number of rotatable bonds is 3. The summed E-state index contributed by atoms with van der Waals surface area (Å²) in [7, 11) is 0. The van der Waals surface area contributed by atoms with E-state index in [0.717, 1.165) is 12.1 Å². The van der Waals surface area contributed by atoms with Crippen LogP contribution in [0.1, 0.15) is 18.2 Å². The van der Waals surface area contributed by atoms with E-state index in [0.29, 0.717) is 6.54 Å². The highest BCUT2D eigenvalue weighted by Crippen LogP contribution is 2.27. The molecule has 1 aromatic carbocycles. The molecule has 16 heavy (non-hydrogen) atoms. The van der Waals surface area contributed by atoms with Gasteiger partial charge >= 0.3 is 0 Å². The van der Waals surface area contributed by atoms with E-state index in [4.69, 9.17) is 5.73 Å². The second kappa shape index (κ2) is 5.99. The summed E-state index contributed by atoms with van der Waals surface area (Å²) < 4.78 is 0. The van der Waals surface area contributed by atoms with E-state index in [9.17, 15) is 0 Å². The van der Waals surface area contributed by atoms with E-state index < -0.39 is 0 Å². The minimum absolute atomic E-state index is 0. The second-order valence-electron chi connectivity index (χ2n) is 3.38. The van der Waals surface area contributed by atoms with Gasteiger partial charge in [-0.15, -0.1) is 23.7 Å². The van der Waals surface area contributed by atoms with Gasteiger partial charge in [0, 0.05) is 6.54 Å². The molecule has 0 spiro atoms. The number of aryl methyl sites for hydroxylation is 1. The molecular weight excluding hydrogens is 240 g/mol. The van der Waals surface area contributed by atoms with Gasteiger partial charge in [-0.05, 0) is 17.5 Å². The molecule has 2 rings (SSSR count). The highest BCUT2D eigenvalue weighted by Gasteiger charge is 2.06. The van der Waals surface area contributed by atoms with E-state index in [1.165, 1.54) is 16.0 Å². The second-order valence-corrected chi connectivity index (χ2v) is 4.24. The third-order valence-electron chi connectivity index (χ3n) is 2.46. The van der Waals surface area contributed by atoms with Gasteiger partial charge in [0.1, 0.15) is 0 Å². The standard InChI is InChI=1S/C12H14N2S.ClH/c1-2-9-3-5-10(6-4-9)12-11(7-13)14-8-15-12;/h3-6,8H,2,7,13H2,1H3;1H. The van der Waals surface area contributed by atoms with Crippen LogP contribution in [0.3, 0.4) is 0 Å². The molecule has 0 saturated carbocycles. The lowest BCUT2D eigenvalue weighted by atomic mass is 10.1. The summed E-state index contributed by atoms with van der Waals surface area (Å²) >= 11 is 1.65. The zero-order valence-corrected chi connectivity index (χ0v) is 10.8. The van der Waals surface area contributed by atoms with Crippen LogP contribution in [-0.2, 0) is 13.0 Å². The summed E-state index contributed by atoms with van der Waals surface area (Å²) in [5, 5.41) is 0. The SMILES string of the molecule is CCc1ccc(-c2scnc2CN)cc1.Cl. The predicted molar refractivity (Wildman–Crippen MR) is 72.1 cm³/mol. The molecule has 1 aromatic heterocycles. The number of hydrogen-bond acceptors (Lipinski definition) is 3. The molecule has 1 heterocycles. The first-order valence-electron chi connectivity index (χ1n) is 5.07. The van der Waals surface area contributed by atoms with Crippen LogP contribution >= 0.6 is 23.7 Å². The summed E-state index contributed by atoms with van der Waals surface area (Å²) in [6, 6.07) is 8.61. The van der Waals surface area contributed by atoms with Gasteiger partial charge in [-0.3, -0.25) is 0 Å². The normalized spacial score (nSPS) is 9.88. The fourth-order valence-corrected chi connectivity index (χ4v) is 2.37. The molecule has 0 aliphatic rings. The van der Waals surface area contributed by atoms with Gasteiger partial charge in [-0.1, -0.05) is 31.2 Å². The molecule has 0 atom stereocenters. The Bertz CT molecular complexity index is 437. The Hall–Kier alpha value is -0.900. The van der Waals surface area contributed by atoms with Crippen LogP contribution < -0.4 is 5.73 Å². The Kier molecular flexibility index (Phi) is 4.93. The topological polar surface area (TPSA) is 38.9 Å². The lowest BCUT2D eigenvalue weighted by Gasteiger charge is -2.01. The summed E-state index contributed by atoms with van der Waals surface area (Å²) in [4.78, 5) is 5.44. The summed E-state index contributed by atoms with van der Waals surface area (Å²) in [5.41, 5.74) is 11.1. The van der Waals surface area contributed by atoms with Crippen LogP contribution in [0.25, 0.3) is 10.4 Å². The van der Waals surface area contributed by atoms with E-state index in [2.05, 4.69) is 36.2 Å². The highest BCUT2D eigenvalue weighted by atomic mass is 35.5. The highest BCUT2D eigenvalue weighted by molar-refractivity contribution is 7.13. The van der Waals surface area contributed by atoms with Gasteiger partial charge in [0.2, 0.25) is 0 Å². The van der Waals surface area contributed by atoms with Gasteiger partial charge in [-0.2, -0.15) is 0 Å². The maximum Gasteiger partial charge on any atom is 0.0802 e. The first-order valence-corrected chi connectivity index (χ1v) is 5.95. The number of halogens is 1. The van der Waals surface area contributed by atoms with Crippen molar-refractivity contribution in [2.75, 3.05) is 0 Å². The number of hydrogen-bond donors (Lipinski definition) is 1. The van der Waals surface area contributed by atoms with Crippen molar-refractivity contribution >= 4 is 23.7 Å². The molecule has 0 fully saturated rings. The fraction of sp³-hybridized carbons (Fsp3) is 0.250. The summed E-state index contributed by atoms with van der Waals surface area (Å²) in [6.07, 6.45) is 1.08. The number of nitrogens with two attached hydrogens (primary N) is 1. The predicted octanol–water partition coefficient (Wildman–Crippen LogP) is 3.25. The Balaban J connectivity index is 0.00000128. The number of thiazole rings is 1. The molecule has 0 aliphatic carbocycles.